The predicted molar refractivity (Wildman–Crippen MR) is 95.2 cm³/mol. The SMILES string of the molecule is N#Cc1ccc(OCC(=O)NCCSCc2cccs2)c(Cl)c1. The van der Waals surface area contributed by atoms with Crippen LogP contribution < -0.4 is 10.1 Å². The maximum atomic E-state index is 11.7. The first kappa shape index (κ1) is 17.7. The van der Waals surface area contributed by atoms with Crippen LogP contribution in [-0.4, -0.2) is 24.8 Å². The monoisotopic (exact) mass is 366 g/mol. The number of nitrogens with one attached hydrogen (secondary N) is 1. The Balaban J connectivity index is 1.62. The Kier molecular flexibility index (Phi) is 7.27. The standard InChI is InChI=1S/C16H15ClN2O2S2/c17-14-8-12(9-18)3-4-15(14)21-10-16(20)19-5-7-22-11-13-2-1-6-23-13/h1-4,6,8H,5,7,10-11H2,(H,19,20). The van der Waals surface area contributed by atoms with E-state index in [0.717, 1.165) is 11.5 Å². The Morgan fingerprint density at radius 3 is 3.00 bits per heavy atom. The van der Waals surface area contributed by atoms with Crippen molar-refractivity contribution < 1.29 is 9.53 Å². The molecule has 1 N–H and O–H groups in total. The fraction of sp³-hybridized carbons (Fsp3) is 0.250. The highest BCUT2D eigenvalue weighted by molar-refractivity contribution is 7.98. The van der Waals surface area contributed by atoms with Gasteiger partial charge in [0.15, 0.2) is 6.61 Å². The predicted octanol–water partition coefficient (Wildman–Crippen LogP) is 3.70. The number of thioether (sulfide) groups is 1. The number of nitrogens with zero attached hydrogens (tertiary/aromatic N) is 1. The lowest BCUT2D eigenvalue weighted by atomic mass is 10.2. The number of benzene rings is 1. The van der Waals surface area contributed by atoms with Gasteiger partial charge in [-0.15, -0.1) is 11.3 Å². The van der Waals surface area contributed by atoms with Crippen LogP contribution in [0.5, 0.6) is 5.75 Å². The Morgan fingerprint density at radius 1 is 1.43 bits per heavy atom. The zero-order valence-electron chi connectivity index (χ0n) is 12.3. The molecule has 0 aliphatic carbocycles. The third-order valence-electron chi connectivity index (χ3n) is 2.81. The van der Waals surface area contributed by atoms with Crippen LogP contribution in [0.3, 0.4) is 0 Å². The molecule has 0 aliphatic rings. The fourth-order valence-corrected chi connectivity index (χ4v) is 3.65. The first-order chi connectivity index (χ1) is 11.2. The maximum absolute atomic E-state index is 11.7. The molecule has 1 amide bonds. The zero-order chi connectivity index (χ0) is 16.5. The summed E-state index contributed by atoms with van der Waals surface area (Å²) in [5.41, 5.74) is 0.453. The summed E-state index contributed by atoms with van der Waals surface area (Å²) in [7, 11) is 0. The van der Waals surface area contributed by atoms with Gasteiger partial charge in [-0.25, -0.2) is 0 Å². The van der Waals surface area contributed by atoms with Gasteiger partial charge in [-0.3, -0.25) is 4.79 Å². The highest BCUT2D eigenvalue weighted by atomic mass is 35.5. The highest BCUT2D eigenvalue weighted by Gasteiger charge is 2.06. The van der Waals surface area contributed by atoms with Crippen molar-refractivity contribution in [2.75, 3.05) is 18.9 Å². The number of halogens is 1. The van der Waals surface area contributed by atoms with Crippen LogP contribution in [0.15, 0.2) is 35.7 Å². The number of thiophene rings is 1. The minimum Gasteiger partial charge on any atom is -0.482 e. The third-order valence-corrected chi connectivity index (χ3v) is 5.18. The summed E-state index contributed by atoms with van der Waals surface area (Å²) in [5.74, 6) is 2.02. The van der Waals surface area contributed by atoms with Gasteiger partial charge in [-0.1, -0.05) is 17.7 Å². The number of ether oxygens (including phenoxy) is 1. The molecule has 23 heavy (non-hydrogen) atoms. The fourth-order valence-electron chi connectivity index (χ4n) is 1.71. The molecule has 0 aliphatic heterocycles. The van der Waals surface area contributed by atoms with Crippen LogP contribution in [-0.2, 0) is 10.5 Å². The van der Waals surface area contributed by atoms with E-state index in [-0.39, 0.29) is 12.5 Å². The number of amides is 1. The first-order valence-electron chi connectivity index (χ1n) is 6.88. The number of hydrogen-bond donors (Lipinski definition) is 1. The van der Waals surface area contributed by atoms with Crippen LogP contribution >= 0.6 is 34.7 Å². The summed E-state index contributed by atoms with van der Waals surface area (Å²) in [5, 5.41) is 13.9. The molecule has 2 rings (SSSR count). The summed E-state index contributed by atoms with van der Waals surface area (Å²) in [6.45, 7) is 0.501. The molecule has 1 aromatic carbocycles. The van der Waals surface area contributed by atoms with Crippen molar-refractivity contribution in [3.05, 3.63) is 51.2 Å². The van der Waals surface area contributed by atoms with E-state index in [1.54, 1.807) is 35.2 Å². The van der Waals surface area contributed by atoms with Gasteiger partial charge < -0.3 is 10.1 Å². The third kappa shape index (κ3) is 6.14. The second-order valence-corrected chi connectivity index (χ2v) is 7.07. The van der Waals surface area contributed by atoms with E-state index in [1.807, 2.05) is 12.1 Å². The average Bonchev–Trinajstić information content (AvgIpc) is 3.06. The van der Waals surface area contributed by atoms with E-state index >= 15 is 0 Å². The topological polar surface area (TPSA) is 62.1 Å². The number of carbonyl (C=O) groups excluding carboxylic acids is 1. The normalized spacial score (nSPS) is 10.1. The Bertz CT molecular complexity index is 684. The lowest BCUT2D eigenvalue weighted by Gasteiger charge is -2.08. The van der Waals surface area contributed by atoms with Crippen molar-refractivity contribution in [1.82, 2.24) is 5.32 Å². The van der Waals surface area contributed by atoms with Crippen molar-refractivity contribution in [3.63, 3.8) is 0 Å². The average molecular weight is 367 g/mol. The Labute approximate surface area is 148 Å². The van der Waals surface area contributed by atoms with Crippen molar-refractivity contribution in [3.8, 4) is 11.8 Å². The summed E-state index contributed by atoms with van der Waals surface area (Å²) < 4.78 is 5.36. The van der Waals surface area contributed by atoms with Gasteiger partial charge in [-0.05, 0) is 29.6 Å². The van der Waals surface area contributed by atoms with E-state index in [1.165, 1.54) is 10.9 Å². The van der Waals surface area contributed by atoms with Crippen LogP contribution in [0.2, 0.25) is 5.02 Å². The molecule has 0 bridgehead atoms. The molecule has 7 heteroatoms. The van der Waals surface area contributed by atoms with E-state index in [4.69, 9.17) is 21.6 Å². The molecule has 0 atom stereocenters. The lowest BCUT2D eigenvalue weighted by molar-refractivity contribution is -0.122. The minimum absolute atomic E-state index is 0.0960. The summed E-state index contributed by atoms with van der Waals surface area (Å²) in [6.07, 6.45) is 0. The Hall–Kier alpha value is -1.68. The summed E-state index contributed by atoms with van der Waals surface area (Å²) >= 11 is 9.49. The molecule has 0 radical (unpaired) electrons. The second-order valence-electron chi connectivity index (χ2n) is 4.53. The Morgan fingerprint density at radius 2 is 2.30 bits per heavy atom. The summed E-state index contributed by atoms with van der Waals surface area (Å²) in [6, 6.07) is 10.8. The number of nitriles is 1. The molecule has 2 aromatic rings. The van der Waals surface area contributed by atoms with Crippen molar-refractivity contribution in [1.29, 1.82) is 5.26 Å². The van der Waals surface area contributed by atoms with Gasteiger partial charge in [0.2, 0.25) is 0 Å². The molecule has 0 unspecified atom stereocenters. The van der Waals surface area contributed by atoms with Gasteiger partial charge in [0.05, 0.1) is 16.7 Å². The molecule has 120 valence electrons. The van der Waals surface area contributed by atoms with Crippen LogP contribution in [0.25, 0.3) is 0 Å². The number of carbonyl (C=O) groups is 1. The minimum atomic E-state index is -0.192. The van der Waals surface area contributed by atoms with E-state index in [2.05, 4.69) is 16.8 Å². The maximum Gasteiger partial charge on any atom is 0.257 e. The van der Waals surface area contributed by atoms with Crippen molar-refractivity contribution >= 4 is 40.6 Å². The van der Waals surface area contributed by atoms with Gasteiger partial charge >= 0.3 is 0 Å². The molecule has 0 spiro atoms. The van der Waals surface area contributed by atoms with Crippen LogP contribution in [0, 0.1) is 11.3 Å². The van der Waals surface area contributed by atoms with E-state index in [9.17, 15) is 4.79 Å². The van der Waals surface area contributed by atoms with E-state index in [0.29, 0.717) is 22.9 Å². The molecule has 4 nitrogen and oxygen atoms in total. The van der Waals surface area contributed by atoms with Crippen LogP contribution in [0.1, 0.15) is 10.4 Å². The lowest BCUT2D eigenvalue weighted by Crippen LogP contribution is -2.30. The first-order valence-corrected chi connectivity index (χ1v) is 9.29. The largest absolute Gasteiger partial charge is 0.482 e. The van der Waals surface area contributed by atoms with Gasteiger partial charge in [0.1, 0.15) is 5.75 Å². The smallest absolute Gasteiger partial charge is 0.257 e. The molecular formula is C16H15ClN2O2S2. The number of rotatable bonds is 8. The number of hydrogen-bond acceptors (Lipinski definition) is 5. The van der Waals surface area contributed by atoms with Gasteiger partial charge in [0, 0.05) is 22.9 Å². The molecule has 0 saturated carbocycles. The zero-order valence-corrected chi connectivity index (χ0v) is 14.6. The molecule has 1 aromatic heterocycles. The molecule has 0 saturated heterocycles. The molecule has 0 fully saturated rings. The molecule has 1 heterocycles. The van der Waals surface area contributed by atoms with E-state index < -0.39 is 0 Å². The van der Waals surface area contributed by atoms with Crippen LogP contribution in [0.4, 0.5) is 0 Å². The van der Waals surface area contributed by atoms with Crippen molar-refractivity contribution in [2.45, 2.75) is 5.75 Å². The van der Waals surface area contributed by atoms with Gasteiger partial charge in [-0.2, -0.15) is 17.0 Å². The second kappa shape index (κ2) is 9.46. The summed E-state index contributed by atoms with van der Waals surface area (Å²) in [4.78, 5) is 13.0. The highest BCUT2D eigenvalue weighted by Crippen LogP contribution is 2.25. The quantitative estimate of drug-likeness (QED) is 0.723. The van der Waals surface area contributed by atoms with Gasteiger partial charge in [0.25, 0.3) is 5.91 Å². The molecular weight excluding hydrogens is 352 g/mol. The van der Waals surface area contributed by atoms with Crippen molar-refractivity contribution in [2.24, 2.45) is 0 Å².